The van der Waals surface area contributed by atoms with Crippen molar-refractivity contribution in [3.8, 4) is 11.5 Å². The molecule has 2 N–H and O–H groups in total. The third kappa shape index (κ3) is 4.25. The van der Waals surface area contributed by atoms with Gasteiger partial charge in [-0.25, -0.2) is 0 Å². The molecule has 5 heteroatoms. The molecule has 0 saturated heterocycles. The molecule has 1 aliphatic carbocycles. The van der Waals surface area contributed by atoms with Gasteiger partial charge in [0.05, 0.1) is 0 Å². The maximum atomic E-state index is 12.6. The van der Waals surface area contributed by atoms with Crippen molar-refractivity contribution in [2.75, 3.05) is 19.7 Å². The van der Waals surface area contributed by atoms with Gasteiger partial charge in [0.25, 0.3) is 0 Å². The van der Waals surface area contributed by atoms with Crippen LogP contribution in [0.2, 0.25) is 0 Å². The third-order valence-electron chi connectivity index (χ3n) is 5.17. The summed E-state index contributed by atoms with van der Waals surface area (Å²) in [5.74, 6) is 1.00. The molecule has 0 spiro atoms. The maximum absolute atomic E-state index is 12.6. The van der Waals surface area contributed by atoms with Crippen LogP contribution in [0.25, 0.3) is 0 Å². The Balaban J connectivity index is 1.53. The number of phenolic OH excluding ortho intramolecular Hbond substituents is 1. The minimum Gasteiger partial charge on any atom is -0.508 e. The van der Waals surface area contributed by atoms with Crippen molar-refractivity contribution < 1.29 is 19.4 Å². The summed E-state index contributed by atoms with van der Waals surface area (Å²) in [6.07, 6.45) is 0.248. The number of phenols is 1. The molecule has 2 aromatic carbocycles. The largest absolute Gasteiger partial charge is 0.508 e. The topological polar surface area (TPSA) is 75.6 Å². The number of benzene rings is 2. The number of carbonyl (C=O) groups excluding carboxylic acids is 2. The number of hydrogen-bond donors (Lipinski definition) is 2. The lowest BCUT2D eigenvalue weighted by Gasteiger charge is -2.22. The standard InChI is InChI=1S/C23H27NO4/c1-14(2)19-12-20(25)15(3)10-22(19)28-9-8-24-13-16-11-21(26)17-6-4-5-7-18(17)23(16)27/h4-7,10,12,14,16,24-25H,8-9,11,13H2,1-3H3. The number of aryl methyl sites for hydroxylation is 1. The zero-order valence-corrected chi connectivity index (χ0v) is 16.6. The number of ketones is 2. The van der Waals surface area contributed by atoms with Crippen LogP contribution in [0.5, 0.6) is 11.5 Å². The average Bonchev–Trinajstić information content (AvgIpc) is 2.67. The van der Waals surface area contributed by atoms with Crippen molar-refractivity contribution in [3.63, 3.8) is 0 Å². The fraction of sp³-hybridized carbons (Fsp3) is 0.391. The molecular formula is C23H27NO4. The number of nitrogens with one attached hydrogen (secondary N) is 1. The molecule has 5 nitrogen and oxygen atoms in total. The Kier molecular flexibility index (Phi) is 6.15. The molecule has 0 amide bonds. The average molecular weight is 381 g/mol. The molecule has 0 saturated carbocycles. The van der Waals surface area contributed by atoms with E-state index in [0.29, 0.717) is 30.8 Å². The molecular weight excluding hydrogens is 354 g/mol. The number of hydrogen-bond acceptors (Lipinski definition) is 5. The first-order valence-corrected chi connectivity index (χ1v) is 9.72. The van der Waals surface area contributed by atoms with Gasteiger partial charge >= 0.3 is 0 Å². The fourth-order valence-electron chi connectivity index (χ4n) is 3.52. The maximum Gasteiger partial charge on any atom is 0.168 e. The van der Waals surface area contributed by atoms with E-state index in [-0.39, 0.29) is 35.6 Å². The summed E-state index contributed by atoms with van der Waals surface area (Å²) < 4.78 is 5.90. The molecule has 1 atom stereocenters. The van der Waals surface area contributed by atoms with E-state index in [1.54, 1.807) is 30.3 Å². The van der Waals surface area contributed by atoms with E-state index >= 15 is 0 Å². The molecule has 28 heavy (non-hydrogen) atoms. The van der Waals surface area contributed by atoms with Crippen LogP contribution in [0, 0.1) is 12.8 Å². The van der Waals surface area contributed by atoms with Crippen LogP contribution in [0.3, 0.4) is 0 Å². The van der Waals surface area contributed by atoms with E-state index < -0.39 is 0 Å². The summed E-state index contributed by atoms with van der Waals surface area (Å²) in [5, 5.41) is 13.2. The van der Waals surface area contributed by atoms with Gasteiger partial charge in [0.1, 0.15) is 18.1 Å². The van der Waals surface area contributed by atoms with Crippen molar-refractivity contribution in [3.05, 3.63) is 58.7 Å². The molecule has 1 aliphatic rings. The molecule has 1 unspecified atom stereocenters. The zero-order valence-electron chi connectivity index (χ0n) is 16.6. The molecule has 0 bridgehead atoms. The Morgan fingerprint density at radius 3 is 2.61 bits per heavy atom. The Bertz CT molecular complexity index is 888. The van der Waals surface area contributed by atoms with E-state index in [1.165, 1.54) is 0 Å². The summed E-state index contributed by atoms with van der Waals surface area (Å²) in [7, 11) is 0. The SMILES string of the molecule is Cc1cc(OCCNCC2CC(=O)c3ccccc3C2=O)c(C(C)C)cc1O. The highest BCUT2D eigenvalue weighted by atomic mass is 16.5. The Morgan fingerprint density at radius 1 is 1.18 bits per heavy atom. The smallest absolute Gasteiger partial charge is 0.168 e. The summed E-state index contributed by atoms with van der Waals surface area (Å²) >= 11 is 0. The van der Waals surface area contributed by atoms with Crippen LogP contribution in [0.1, 0.15) is 58.0 Å². The van der Waals surface area contributed by atoms with E-state index in [1.807, 2.05) is 13.0 Å². The number of rotatable bonds is 7. The van der Waals surface area contributed by atoms with Crippen molar-refractivity contribution >= 4 is 11.6 Å². The van der Waals surface area contributed by atoms with Gasteiger partial charge in [-0.3, -0.25) is 9.59 Å². The van der Waals surface area contributed by atoms with Crippen LogP contribution in [-0.4, -0.2) is 36.4 Å². The third-order valence-corrected chi connectivity index (χ3v) is 5.17. The van der Waals surface area contributed by atoms with E-state index in [0.717, 1.165) is 16.9 Å². The summed E-state index contributed by atoms with van der Waals surface area (Å²) in [4.78, 5) is 24.8. The molecule has 148 valence electrons. The lowest BCUT2D eigenvalue weighted by Crippen LogP contribution is -2.36. The van der Waals surface area contributed by atoms with Gasteiger partial charge in [-0.05, 0) is 30.5 Å². The first-order valence-electron chi connectivity index (χ1n) is 9.72. The highest BCUT2D eigenvalue weighted by Gasteiger charge is 2.31. The lowest BCUT2D eigenvalue weighted by atomic mass is 9.82. The monoisotopic (exact) mass is 381 g/mol. The van der Waals surface area contributed by atoms with Gasteiger partial charge < -0.3 is 15.2 Å². The Labute approximate surface area is 165 Å². The molecule has 0 fully saturated rings. The van der Waals surface area contributed by atoms with E-state index in [4.69, 9.17) is 4.74 Å². The molecule has 2 aromatic rings. The van der Waals surface area contributed by atoms with Crippen molar-refractivity contribution in [2.24, 2.45) is 5.92 Å². The highest BCUT2D eigenvalue weighted by molar-refractivity contribution is 6.14. The summed E-state index contributed by atoms with van der Waals surface area (Å²) in [5.41, 5.74) is 2.81. The van der Waals surface area contributed by atoms with Crippen LogP contribution >= 0.6 is 0 Å². The van der Waals surface area contributed by atoms with Gasteiger partial charge in [0.15, 0.2) is 11.6 Å². The second-order valence-corrected chi connectivity index (χ2v) is 7.62. The molecule has 0 heterocycles. The molecule has 0 aromatic heterocycles. The Hall–Kier alpha value is -2.66. The number of fused-ring (bicyclic) bond motifs is 1. The van der Waals surface area contributed by atoms with Gasteiger partial charge in [-0.1, -0.05) is 38.1 Å². The molecule has 3 rings (SSSR count). The Morgan fingerprint density at radius 2 is 1.89 bits per heavy atom. The van der Waals surface area contributed by atoms with Gasteiger partial charge in [-0.2, -0.15) is 0 Å². The number of aromatic hydroxyl groups is 1. The highest BCUT2D eigenvalue weighted by Crippen LogP contribution is 2.32. The van der Waals surface area contributed by atoms with Gasteiger partial charge in [0.2, 0.25) is 0 Å². The van der Waals surface area contributed by atoms with Gasteiger partial charge in [0, 0.05) is 42.1 Å². The number of carbonyl (C=O) groups is 2. The van der Waals surface area contributed by atoms with Crippen molar-refractivity contribution in [2.45, 2.75) is 33.1 Å². The summed E-state index contributed by atoms with van der Waals surface area (Å²) in [6.45, 7) is 7.41. The fourth-order valence-corrected chi connectivity index (χ4v) is 3.52. The van der Waals surface area contributed by atoms with Crippen LogP contribution in [0.4, 0.5) is 0 Å². The zero-order chi connectivity index (χ0) is 20.3. The van der Waals surface area contributed by atoms with Gasteiger partial charge in [-0.15, -0.1) is 0 Å². The second-order valence-electron chi connectivity index (χ2n) is 7.62. The first-order chi connectivity index (χ1) is 13.4. The normalized spacial score (nSPS) is 16.4. The van der Waals surface area contributed by atoms with E-state index in [9.17, 15) is 14.7 Å². The predicted molar refractivity (Wildman–Crippen MR) is 109 cm³/mol. The van der Waals surface area contributed by atoms with Crippen LogP contribution < -0.4 is 10.1 Å². The van der Waals surface area contributed by atoms with E-state index in [2.05, 4.69) is 19.2 Å². The minimum absolute atomic E-state index is 0.0272. The molecule has 0 radical (unpaired) electrons. The van der Waals surface area contributed by atoms with Crippen LogP contribution in [0.15, 0.2) is 36.4 Å². The van der Waals surface area contributed by atoms with Crippen LogP contribution in [-0.2, 0) is 0 Å². The first kappa shape index (κ1) is 20.1. The predicted octanol–water partition coefficient (Wildman–Crippen LogP) is 3.88. The number of Topliss-reactive ketones (excluding diaryl/α,β-unsaturated/α-hetero) is 2. The number of ether oxygens (including phenoxy) is 1. The minimum atomic E-state index is -0.329. The quantitative estimate of drug-likeness (QED) is 0.712. The lowest BCUT2D eigenvalue weighted by molar-refractivity contribution is 0.0821. The summed E-state index contributed by atoms with van der Waals surface area (Å²) in [6, 6.07) is 10.6. The van der Waals surface area contributed by atoms with Crippen molar-refractivity contribution in [1.82, 2.24) is 5.32 Å². The van der Waals surface area contributed by atoms with Crippen molar-refractivity contribution in [1.29, 1.82) is 0 Å². The molecule has 0 aliphatic heterocycles. The second kappa shape index (κ2) is 8.57.